The van der Waals surface area contributed by atoms with Crippen LogP contribution in [-0.4, -0.2) is 4.98 Å². The number of nitrogens with zero attached hydrogens (tertiary/aromatic N) is 1. The van der Waals surface area contributed by atoms with Gasteiger partial charge in [0.15, 0.2) is 0 Å². The van der Waals surface area contributed by atoms with Gasteiger partial charge in [-0.05, 0) is 53.8 Å². The number of rotatable bonds is 4. The molecule has 0 spiro atoms. The molecule has 0 saturated carbocycles. The number of aromatic nitrogens is 1. The van der Waals surface area contributed by atoms with Crippen LogP contribution in [0.2, 0.25) is 0 Å². The topological polar surface area (TPSA) is 50.9 Å². The molecule has 1 unspecified atom stereocenters. The molecule has 1 aromatic carbocycles. The predicted molar refractivity (Wildman–Crippen MR) is 73.9 cm³/mol. The molecule has 4 heteroatoms. The number of hydrazine groups is 1. The third-order valence-corrected chi connectivity index (χ3v) is 3.35. The molecule has 2 rings (SSSR count). The molecule has 0 radical (unpaired) electrons. The Kier molecular flexibility index (Phi) is 4.24. The van der Waals surface area contributed by atoms with Crippen LogP contribution < -0.4 is 11.3 Å². The molecule has 100 valence electrons. The van der Waals surface area contributed by atoms with E-state index in [0.717, 1.165) is 28.7 Å². The van der Waals surface area contributed by atoms with Crippen LogP contribution in [0, 0.1) is 12.7 Å². The maximum absolute atomic E-state index is 13.5. The van der Waals surface area contributed by atoms with Crippen molar-refractivity contribution in [2.24, 2.45) is 5.84 Å². The van der Waals surface area contributed by atoms with E-state index in [2.05, 4.69) is 17.3 Å². The lowest BCUT2D eigenvalue weighted by molar-refractivity contribution is 0.600. The third-order valence-electron chi connectivity index (χ3n) is 3.35. The van der Waals surface area contributed by atoms with Crippen molar-refractivity contribution >= 4 is 0 Å². The molecule has 0 saturated heterocycles. The fraction of sp³-hybridized carbons (Fsp3) is 0.267. The fourth-order valence-electron chi connectivity index (χ4n) is 2.28. The molecule has 0 amide bonds. The monoisotopic (exact) mass is 259 g/mol. The van der Waals surface area contributed by atoms with Gasteiger partial charge >= 0.3 is 0 Å². The zero-order valence-electron chi connectivity index (χ0n) is 11.2. The summed E-state index contributed by atoms with van der Waals surface area (Å²) in [5, 5.41) is 0. The summed E-state index contributed by atoms with van der Waals surface area (Å²) in [6.07, 6.45) is 4.41. The number of hydrogen-bond acceptors (Lipinski definition) is 3. The molecule has 0 aliphatic heterocycles. The van der Waals surface area contributed by atoms with Gasteiger partial charge in [0.05, 0.1) is 6.04 Å². The van der Waals surface area contributed by atoms with Gasteiger partial charge in [-0.2, -0.15) is 0 Å². The van der Waals surface area contributed by atoms with E-state index in [1.54, 1.807) is 12.3 Å². The molecular weight excluding hydrogens is 241 g/mol. The average Bonchev–Trinajstić information content (AvgIpc) is 2.44. The minimum Gasteiger partial charge on any atom is -0.271 e. The Bertz CT molecular complexity index is 569. The highest BCUT2D eigenvalue weighted by atomic mass is 19.1. The van der Waals surface area contributed by atoms with Crippen LogP contribution in [-0.2, 0) is 6.42 Å². The molecule has 2 aromatic rings. The summed E-state index contributed by atoms with van der Waals surface area (Å²) in [7, 11) is 0. The van der Waals surface area contributed by atoms with E-state index < -0.39 is 0 Å². The van der Waals surface area contributed by atoms with Crippen molar-refractivity contribution in [3.8, 4) is 0 Å². The smallest absolute Gasteiger partial charge is 0.123 e. The summed E-state index contributed by atoms with van der Waals surface area (Å²) in [5.41, 5.74) is 6.78. The van der Waals surface area contributed by atoms with Crippen LogP contribution in [0.4, 0.5) is 4.39 Å². The first-order chi connectivity index (χ1) is 9.17. The normalized spacial score (nSPS) is 12.4. The van der Waals surface area contributed by atoms with Crippen LogP contribution in [0.25, 0.3) is 0 Å². The Labute approximate surface area is 112 Å². The van der Waals surface area contributed by atoms with Gasteiger partial charge in [-0.1, -0.05) is 13.0 Å². The third kappa shape index (κ3) is 2.80. The van der Waals surface area contributed by atoms with E-state index in [0.29, 0.717) is 0 Å². The van der Waals surface area contributed by atoms with Gasteiger partial charge < -0.3 is 0 Å². The molecule has 0 fully saturated rings. The van der Waals surface area contributed by atoms with E-state index >= 15 is 0 Å². The summed E-state index contributed by atoms with van der Waals surface area (Å²) in [6.45, 7) is 4.01. The van der Waals surface area contributed by atoms with E-state index in [4.69, 9.17) is 5.84 Å². The number of nitrogens with two attached hydrogens (primary N) is 1. The number of pyridine rings is 1. The van der Waals surface area contributed by atoms with Crippen molar-refractivity contribution in [2.45, 2.75) is 26.3 Å². The molecule has 0 aliphatic rings. The molecule has 19 heavy (non-hydrogen) atoms. The van der Waals surface area contributed by atoms with Crippen molar-refractivity contribution in [1.29, 1.82) is 0 Å². The van der Waals surface area contributed by atoms with Crippen molar-refractivity contribution in [1.82, 2.24) is 10.4 Å². The fourth-order valence-corrected chi connectivity index (χ4v) is 2.28. The Balaban J connectivity index is 2.53. The molecule has 1 aromatic heterocycles. The predicted octanol–water partition coefficient (Wildman–Crippen LogP) is 2.64. The van der Waals surface area contributed by atoms with Crippen LogP contribution in [0.15, 0.2) is 36.7 Å². The molecule has 0 bridgehead atoms. The summed E-state index contributed by atoms with van der Waals surface area (Å²) in [5.74, 6) is 5.43. The SMILES string of the molecule is CCc1cnccc1C(NN)c1cc(F)ccc1C. The zero-order valence-corrected chi connectivity index (χ0v) is 11.2. The second kappa shape index (κ2) is 5.91. The number of hydrogen-bond donors (Lipinski definition) is 2. The molecule has 1 heterocycles. The highest BCUT2D eigenvalue weighted by Crippen LogP contribution is 2.27. The minimum atomic E-state index is -0.257. The van der Waals surface area contributed by atoms with Crippen molar-refractivity contribution in [2.75, 3.05) is 0 Å². The number of aryl methyl sites for hydroxylation is 2. The Morgan fingerprint density at radius 3 is 2.79 bits per heavy atom. The molecule has 3 N–H and O–H groups in total. The highest BCUT2D eigenvalue weighted by molar-refractivity contribution is 5.39. The van der Waals surface area contributed by atoms with Gasteiger partial charge in [0.25, 0.3) is 0 Å². The lowest BCUT2D eigenvalue weighted by Gasteiger charge is -2.21. The quantitative estimate of drug-likeness (QED) is 0.655. The van der Waals surface area contributed by atoms with Gasteiger partial charge in [-0.25, -0.2) is 9.82 Å². The maximum Gasteiger partial charge on any atom is 0.123 e. The van der Waals surface area contributed by atoms with Crippen LogP contribution in [0.1, 0.15) is 35.2 Å². The van der Waals surface area contributed by atoms with Crippen LogP contribution in [0.3, 0.4) is 0 Å². The first kappa shape index (κ1) is 13.6. The van der Waals surface area contributed by atoms with Crippen molar-refractivity contribution in [3.63, 3.8) is 0 Å². The Hall–Kier alpha value is -1.78. The van der Waals surface area contributed by atoms with Crippen molar-refractivity contribution < 1.29 is 4.39 Å². The van der Waals surface area contributed by atoms with Crippen LogP contribution >= 0.6 is 0 Å². The second-order valence-electron chi connectivity index (χ2n) is 4.53. The summed E-state index contributed by atoms with van der Waals surface area (Å²) in [4.78, 5) is 4.12. The highest BCUT2D eigenvalue weighted by Gasteiger charge is 2.18. The van der Waals surface area contributed by atoms with Crippen molar-refractivity contribution in [3.05, 3.63) is 64.7 Å². The maximum atomic E-state index is 13.5. The van der Waals surface area contributed by atoms with Gasteiger partial charge in [-0.15, -0.1) is 0 Å². The molecule has 0 aliphatic carbocycles. The average molecular weight is 259 g/mol. The zero-order chi connectivity index (χ0) is 13.8. The second-order valence-corrected chi connectivity index (χ2v) is 4.53. The van der Waals surface area contributed by atoms with Gasteiger partial charge in [0, 0.05) is 12.4 Å². The largest absolute Gasteiger partial charge is 0.271 e. The standard InChI is InChI=1S/C15H18FN3/c1-3-11-9-18-7-6-13(11)15(19-17)14-8-12(16)5-4-10(14)2/h4-9,15,19H,3,17H2,1-2H3. The first-order valence-corrected chi connectivity index (χ1v) is 6.32. The van der Waals surface area contributed by atoms with Gasteiger partial charge in [0.1, 0.15) is 5.82 Å². The summed E-state index contributed by atoms with van der Waals surface area (Å²) < 4.78 is 13.5. The first-order valence-electron chi connectivity index (χ1n) is 6.32. The minimum absolute atomic E-state index is 0.228. The molecular formula is C15H18FN3. The number of benzene rings is 1. The summed E-state index contributed by atoms with van der Waals surface area (Å²) >= 11 is 0. The lowest BCUT2D eigenvalue weighted by Crippen LogP contribution is -2.30. The van der Waals surface area contributed by atoms with E-state index in [1.165, 1.54) is 12.1 Å². The summed E-state index contributed by atoms with van der Waals surface area (Å²) in [6, 6.07) is 6.45. The van der Waals surface area contributed by atoms with E-state index in [1.807, 2.05) is 19.2 Å². The number of halogens is 1. The van der Waals surface area contributed by atoms with Gasteiger partial charge in [0.2, 0.25) is 0 Å². The van der Waals surface area contributed by atoms with E-state index in [9.17, 15) is 4.39 Å². The van der Waals surface area contributed by atoms with E-state index in [-0.39, 0.29) is 11.9 Å². The Morgan fingerprint density at radius 1 is 1.32 bits per heavy atom. The van der Waals surface area contributed by atoms with Gasteiger partial charge in [-0.3, -0.25) is 10.8 Å². The van der Waals surface area contributed by atoms with Crippen LogP contribution in [0.5, 0.6) is 0 Å². The number of nitrogens with one attached hydrogen (secondary N) is 1. The molecule has 1 atom stereocenters. The molecule has 3 nitrogen and oxygen atoms in total. The Morgan fingerprint density at radius 2 is 2.11 bits per heavy atom. The lowest BCUT2D eigenvalue weighted by atomic mass is 9.92.